The van der Waals surface area contributed by atoms with Crippen LogP contribution in [0.2, 0.25) is 5.02 Å². The minimum Gasteiger partial charge on any atom is -0.338 e. The zero-order valence-electron chi connectivity index (χ0n) is 9.53. The van der Waals surface area contributed by atoms with Gasteiger partial charge in [-0.1, -0.05) is 11.6 Å². The van der Waals surface area contributed by atoms with Crippen LogP contribution in [-0.4, -0.2) is 16.5 Å². The minimum absolute atomic E-state index is 0.278. The second kappa shape index (κ2) is 5.75. The van der Waals surface area contributed by atoms with Crippen LogP contribution in [0.4, 0.5) is 15.9 Å². The quantitative estimate of drug-likeness (QED) is 0.893. The Labute approximate surface area is 109 Å². The second-order valence-electron chi connectivity index (χ2n) is 3.65. The van der Waals surface area contributed by atoms with Gasteiger partial charge in [0.1, 0.15) is 17.5 Å². The number of anilines is 2. The lowest BCUT2D eigenvalue weighted by molar-refractivity contribution is 0.632. The van der Waals surface area contributed by atoms with Gasteiger partial charge in [0.15, 0.2) is 0 Å². The molecule has 0 aliphatic heterocycles. The summed E-state index contributed by atoms with van der Waals surface area (Å²) in [6, 6.07) is 5.94. The van der Waals surface area contributed by atoms with Crippen molar-refractivity contribution in [1.29, 1.82) is 0 Å². The fourth-order valence-electron chi connectivity index (χ4n) is 1.45. The first-order chi connectivity index (χ1) is 8.69. The molecule has 1 aromatic carbocycles. The second-order valence-corrected chi connectivity index (χ2v) is 4.08. The van der Waals surface area contributed by atoms with E-state index in [4.69, 9.17) is 17.3 Å². The molecule has 0 spiro atoms. The molecule has 1 aromatic heterocycles. The van der Waals surface area contributed by atoms with E-state index in [0.29, 0.717) is 29.6 Å². The molecule has 0 aliphatic rings. The van der Waals surface area contributed by atoms with Crippen molar-refractivity contribution >= 4 is 23.1 Å². The Morgan fingerprint density at radius 3 is 2.94 bits per heavy atom. The van der Waals surface area contributed by atoms with E-state index in [1.54, 1.807) is 12.3 Å². The van der Waals surface area contributed by atoms with Gasteiger partial charge in [-0.25, -0.2) is 14.4 Å². The minimum atomic E-state index is -0.390. The van der Waals surface area contributed by atoms with E-state index >= 15 is 0 Å². The Morgan fingerprint density at radius 1 is 1.33 bits per heavy atom. The third-order valence-electron chi connectivity index (χ3n) is 2.26. The maximum Gasteiger partial charge on any atom is 0.146 e. The van der Waals surface area contributed by atoms with E-state index in [9.17, 15) is 4.39 Å². The monoisotopic (exact) mass is 266 g/mol. The molecule has 0 atom stereocenters. The summed E-state index contributed by atoms with van der Waals surface area (Å²) in [5.74, 6) is 0.734. The number of rotatable bonds is 4. The summed E-state index contributed by atoms with van der Waals surface area (Å²) >= 11 is 5.81. The van der Waals surface area contributed by atoms with Crippen molar-refractivity contribution in [2.75, 3.05) is 11.9 Å². The topological polar surface area (TPSA) is 63.8 Å². The van der Waals surface area contributed by atoms with Crippen LogP contribution in [0.5, 0.6) is 0 Å². The number of nitrogens with zero attached hydrogens (tertiary/aromatic N) is 2. The molecule has 18 heavy (non-hydrogen) atoms. The fraction of sp³-hybridized carbons (Fsp3) is 0.167. The summed E-state index contributed by atoms with van der Waals surface area (Å²) in [5.41, 5.74) is 5.71. The van der Waals surface area contributed by atoms with Crippen molar-refractivity contribution in [3.63, 3.8) is 0 Å². The first kappa shape index (κ1) is 12.7. The Hall–Kier alpha value is -1.72. The molecule has 4 nitrogen and oxygen atoms in total. The molecule has 0 amide bonds. The van der Waals surface area contributed by atoms with Crippen molar-refractivity contribution < 1.29 is 4.39 Å². The predicted octanol–water partition coefficient (Wildman–Crippen LogP) is 2.51. The number of benzene rings is 1. The Kier molecular flexibility index (Phi) is 4.07. The largest absolute Gasteiger partial charge is 0.338 e. The lowest BCUT2D eigenvalue weighted by Gasteiger charge is -2.08. The van der Waals surface area contributed by atoms with Crippen LogP contribution in [0.1, 0.15) is 5.82 Å². The highest BCUT2D eigenvalue weighted by molar-refractivity contribution is 6.30. The Balaban J connectivity index is 2.22. The van der Waals surface area contributed by atoms with Gasteiger partial charge in [0, 0.05) is 17.6 Å². The van der Waals surface area contributed by atoms with Gasteiger partial charge in [-0.15, -0.1) is 0 Å². The number of halogens is 2. The van der Waals surface area contributed by atoms with Crippen molar-refractivity contribution in [3.05, 3.63) is 47.1 Å². The standard InChI is InChI=1S/C12H12ClFN4/c13-8-1-2-9(14)10(7-8)17-12-4-6-16-11(18-12)3-5-15/h1-2,4,6-7H,3,5,15H2,(H,16,17,18). The van der Waals surface area contributed by atoms with Crippen LogP contribution in [-0.2, 0) is 6.42 Å². The maximum atomic E-state index is 13.5. The predicted molar refractivity (Wildman–Crippen MR) is 69.5 cm³/mol. The fourth-order valence-corrected chi connectivity index (χ4v) is 1.62. The molecular formula is C12H12ClFN4. The first-order valence-corrected chi connectivity index (χ1v) is 5.81. The van der Waals surface area contributed by atoms with Crippen molar-refractivity contribution in [1.82, 2.24) is 9.97 Å². The van der Waals surface area contributed by atoms with E-state index < -0.39 is 5.82 Å². The first-order valence-electron chi connectivity index (χ1n) is 5.43. The molecule has 0 saturated carbocycles. The van der Waals surface area contributed by atoms with Gasteiger partial charge in [0.2, 0.25) is 0 Å². The van der Waals surface area contributed by atoms with Crippen LogP contribution < -0.4 is 11.1 Å². The molecule has 6 heteroatoms. The molecule has 0 radical (unpaired) electrons. The highest BCUT2D eigenvalue weighted by Crippen LogP contribution is 2.22. The SMILES string of the molecule is NCCc1nccc(Nc2cc(Cl)ccc2F)n1. The number of nitrogens with one attached hydrogen (secondary N) is 1. The Morgan fingerprint density at radius 2 is 2.17 bits per heavy atom. The van der Waals surface area contributed by atoms with Gasteiger partial charge in [-0.2, -0.15) is 0 Å². The Bertz CT molecular complexity index is 547. The van der Waals surface area contributed by atoms with Gasteiger partial charge in [-0.05, 0) is 30.8 Å². The zero-order chi connectivity index (χ0) is 13.0. The number of hydrogen-bond acceptors (Lipinski definition) is 4. The highest BCUT2D eigenvalue weighted by Gasteiger charge is 2.05. The van der Waals surface area contributed by atoms with Crippen LogP contribution in [0.25, 0.3) is 0 Å². The number of aromatic nitrogens is 2. The summed E-state index contributed by atoms with van der Waals surface area (Å²) in [5, 5.41) is 3.31. The third kappa shape index (κ3) is 3.15. The van der Waals surface area contributed by atoms with Crippen molar-refractivity contribution in [2.24, 2.45) is 5.73 Å². The number of hydrogen-bond donors (Lipinski definition) is 2. The summed E-state index contributed by atoms with van der Waals surface area (Å²) in [6.45, 7) is 0.467. The smallest absolute Gasteiger partial charge is 0.146 e. The molecule has 1 heterocycles. The van der Waals surface area contributed by atoms with Crippen LogP contribution in [0.3, 0.4) is 0 Å². The molecule has 0 bridgehead atoms. The van der Waals surface area contributed by atoms with Crippen LogP contribution >= 0.6 is 11.6 Å². The molecule has 94 valence electrons. The van der Waals surface area contributed by atoms with Crippen LogP contribution in [0.15, 0.2) is 30.5 Å². The lowest BCUT2D eigenvalue weighted by Crippen LogP contribution is -2.07. The normalized spacial score (nSPS) is 10.4. The summed E-state index contributed by atoms with van der Waals surface area (Å²) < 4.78 is 13.5. The average molecular weight is 267 g/mol. The van der Waals surface area contributed by atoms with E-state index in [-0.39, 0.29) is 5.69 Å². The van der Waals surface area contributed by atoms with E-state index in [0.717, 1.165) is 0 Å². The van der Waals surface area contributed by atoms with Crippen molar-refractivity contribution in [2.45, 2.75) is 6.42 Å². The number of nitrogens with two attached hydrogens (primary N) is 1. The van der Waals surface area contributed by atoms with Gasteiger partial charge >= 0.3 is 0 Å². The average Bonchev–Trinajstić information content (AvgIpc) is 2.35. The zero-order valence-corrected chi connectivity index (χ0v) is 10.3. The third-order valence-corrected chi connectivity index (χ3v) is 2.50. The van der Waals surface area contributed by atoms with E-state index in [1.807, 2.05) is 0 Å². The van der Waals surface area contributed by atoms with Gasteiger partial charge < -0.3 is 11.1 Å². The van der Waals surface area contributed by atoms with Crippen molar-refractivity contribution in [3.8, 4) is 0 Å². The molecule has 2 aromatic rings. The molecule has 0 aliphatic carbocycles. The summed E-state index contributed by atoms with van der Waals surface area (Å²) in [4.78, 5) is 8.28. The molecule has 0 unspecified atom stereocenters. The highest BCUT2D eigenvalue weighted by atomic mass is 35.5. The lowest BCUT2D eigenvalue weighted by atomic mass is 10.3. The van der Waals surface area contributed by atoms with Gasteiger partial charge in [-0.3, -0.25) is 0 Å². The molecule has 0 fully saturated rings. The van der Waals surface area contributed by atoms with Gasteiger partial charge in [0.05, 0.1) is 5.69 Å². The summed E-state index contributed by atoms with van der Waals surface area (Å²) in [7, 11) is 0. The van der Waals surface area contributed by atoms with E-state index in [2.05, 4.69) is 15.3 Å². The van der Waals surface area contributed by atoms with Crippen LogP contribution in [0, 0.1) is 5.82 Å². The van der Waals surface area contributed by atoms with E-state index in [1.165, 1.54) is 18.2 Å². The molecule has 3 N–H and O–H groups in total. The molecule has 2 rings (SSSR count). The molecular weight excluding hydrogens is 255 g/mol. The van der Waals surface area contributed by atoms with Gasteiger partial charge in [0.25, 0.3) is 0 Å². The maximum absolute atomic E-state index is 13.5. The summed E-state index contributed by atoms with van der Waals surface area (Å²) in [6.07, 6.45) is 2.18. The molecule has 0 saturated heterocycles.